The second kappa shape index (κ2) is 4.22. The summed E-state index contributed by atoms with van der Waals surface area (Å²) in [5.74, 6) is 0. The van der Waals surface area contributed by atoms with Gasteiger partial charge in [-0.1, -0.05) is 28.6 Å². The van der Waals surface area contributed by atoms with Gasteiger partial charge >= 0.3 is 0 Å². The molecule has 0 aromatic carbocycles. The van der Waals surface area contributed by atoms with Crippen LogP contribution >= 0.6 is 15.9 Å². The molecule has 0 amide bonds. The molecule has 0 aliphatic heterocycles. The van der Waals surface area contributed by atoms with Gasteiger partial charge < -0.3 is 0 Å². The molecule has 0 aliphatic rings. The lowest BCUT2D eigenvalue weighted by Gasteiger charge is -1.69. The van der Waals surface area contributed by atoms with Gasteiger partial charge in [-0.05, 0) is 6.42 Å². The predicted molar refractivity (Wildman–Crippen MR) is 26.7 cm³/mol. The smallest absolute Gasteiger partial charge is 0.0308 e. The lowest BCUT2D eigenvalue weighted by Crippen LogP contribution is -1.49. The van der Waals surface area contributed by atoms with Crippen LogP contribution in [0.2, 0.25) is 0 Å². The van der Waals surface area contributed by atoms with Crippen molar-refractivity contribution in [3.05, 3.63) is 18.0 Å². The summed E-state index contributed by atoms with van der Waals surface area (Å²) in [7, 11) is 0. The fourth-order valence-electron chi connectivity index (χ4n) is 0.0514. The Balaban J connectivity index is 2.40. The second-order valence-electron chi connectivity index (χ2n) is 0.626. The molecule has 0 aliphatic carbocycles. The number of halogens is 1. The second-order valence-corrected chi connectivity index (χ2v) is 1.27. The zero-order chi connectivity index (χ0) is 4.12. The molecule has 2 radical (unpaired) electrons. The molecule has 0 heterocycles. The third-order valence-corrected chi connectivity index (χ3v) is 0.599. The van der Waals surface area contributed by atoms with Gasteiger partial charge in [0.2, 0.25) is 0 Å². The van der Waals surface area contributed by atoms with Crippen molar-refractivity contribution in [2.75, 3.05) is 0 Å². The maximum atomic E-state index is 4.95. The third-order valence-electron chi connectivity index (χ3n) is 0.225. The highest BCUT2D eigenvalue weighted by atomic mass is 79.9. The van der Waals surface area contributed by atoms with Crippen molar-refractivity contribution in [3.8, 4) is 0 Å². The first-order valence-corrected chi connectivity index (χ1v) is 2.28. The Morgan fingerprint density at radius 3 is 2.40 bits per heavy atom. The highest BCUT2D eigenvalue weighted by molar-refractivity contribution is 9.10. The summed E-state index contributed by atoms with van der Waals surface area (Å²) in [5, 5.41) is 1.81. The number of rotatable bonds is 2. The van der Waals surface area contributed by atoms with Crippen molar-refractivity contribution in [2.24, 2.45) is 0 Å². The van der Waals surface area contributed by atoms with Gasteiger partial charge in [0.25, 0.3) is 0 Å². The number of hydrogen-bond donors (Lipinski definition) is 0. The van der Waals surface area contributed by atoms with Crippen molar-refractivity contribution < 1.29 is 0 Å². The van der Waals surface area contributed by atoms with Crippen molar-refractivity contribution in [1.29, 1.82) is 0 Å². The Morgan fingerprint density at radius 1 is 1.80 bits per heavy atom. The molecule has 0 aromatic heterocycles. The van der Waals surface area contributed by atoms with E-state index < -0.39 is 0 Å². The molecular weight excluding hydrogens is 128 g/mol. The largest absolute Gasteiger partial charge is 0.0875 e. The van der Waals surface area contributed by atoms with Crippen molar-refractivity contribution in [2.45, 2.75) is 6.42 Å². The molecule has 0 atom stereocenters. The monoisotopic (exact) mass is 132 g/mol. The van der Waals surface area contributed by atoms with E-state index in [9.17, 15) is 0 Å². The molecule has 0 bridgehead atoms. The molecule has 0 unspecified atom stereocenters. The summed E-state index contributed by atoms with van der Waals surface area (Å²) < 4.78 is 0. The maximum Gasteiger partial charge on any atom is 0.0308 e. The SMILES string of the molecule is [CH]=CC[CH]Br. The zero-order valence-corrected chi connectivity index (χ0v) is 4.40. The Kier molecular flexibility index (Phi) is 4.41. The summed E-state index contributed by atoms with van der Waals surface area (Å²) in [6.07, 6.45) is 2.41. The fraction of sp³-hybridized carbons (Fsp3) is 0.250. The summed E-state index contributed by atoms with van der Waals surface area (Å²) in [5.41, 5.74) is 0. The normalized spacial score (nSPS) is 7.40. The van der Waals surface area contributed by atoms with Gasteiger partial charge in [0.15, 0.2) is 0 Å². The molecule has 28 valence electrons. The van der Waals surface area contributed by atoms with Gasteiger partial charge in [-0.25, -0.2) is 0 Å². The number of allylic oxidation sites excluding steroid dienone is 1. The Bertz CT molecular complexity index is 24.8. The Hall–Kier alpha value is 0.220. The minimum Gasteiger partial charge on any atom is -0.0875 e. The molecule has 0 nitrogen and oxygen atoms in total. The first kappa shape index (κ1) is 5.22. The molecule has 0 rings (SSSR count). The van der Waals surface area contributed by atoms with Crippen LogP contribution in [0.25, 0.3) is 0 Å². The summed E-state index contributed by atoms with van der Waals surface area (Å²) >= 11 is 3.07. The highest BCUT2D eigenvalue weighted by Crippen LogP contribution is 1.92. The van der Waals surface area contributed by atoms with E-state index >= 15 is 0 Å². The van der Waals surface area contributed by atoms with Crippen LogP contribution < -0.4 is 0 Å². The summed E-state index contributed by atoms with van der Waals surface area (Å²) in [6, 6.07) is 0. The maximum absolute atomic E-state index is 4.95. The molecular formula is C4H5Br. The highest BCUT2D eigenvalue weighted by Gasteiger charge is 1.64. The molecule has 0 fully saturated rings. The minimum absolute atomic E-state index is 0.833. The number of hydrogen-bond acceptors (Lipinski definition) is 0. The van der Waals surface area contributed by atoms with Gasteiger partial charge in [0.1, 0.15) is 0 Å². The standard InChI is InChI=1S/C4H5Br/c1-2-3-4-5/h1-2,4H,3H2. The third kappa shape index (κ3) is 4.22. The van der Waals surface area contributed by atoms with Gasteiger partial charge in [-0.2, -0.15) is 0 Å². The van der Waals surface area contributed by atoms with E-state index in [1.807, 2.05) is 5.33 Å². The fourth-order valence-corrected chi connectivity index (χ4v) is 0.267. The topological polar surface area (TPSA) is 0 Å². The van der Waals surface area contributed by atoms with Gasteiger partial charge in [-0.15, -0.1) is 0 Å². The predicted octanol–water partition coefficient (Wildman–Crippen LogP) is 1.92. The quantitative estimate of drug-likeness (QED) is 0.539. The van der Waals surface area contributed by atoms with E-state index in [1.54, 1.807) is 6.08 Å². The molecule has 0 saturated carbocycles. The minimum atomic E-state index is 0.833. The average Bonchev–Trinajstić information content (AvgIpc) is 1.41. The van der Waals surface area contributed by atoms with Crippen molar-refractivity contribution >= 4 is 15.9 Å². The Labute approximate surface area is 41.0 Å². The van der Waals surface area contributed by atoms with Crippen LogP contribution in [0.3, 0.4) is 0 Å². The van der Waals surface area contributed by atoms with E-state index in [0.717, 1.165) is 6.42 Å². The first-order valence-electron chi connectivity index (χ1n) is 1.37. The van der Waals surface area contributed by atoms with E-state index in [2.05, 4.69) is 15.9 Å². The molecule has 0 saturated heterocycles. The summed E-state index contributed by atoms with van der Waals surface area (Å²) in [6.45, 7) is 4.95. The summed E-state index contributed by atoms with van der Waals surface area (Å²) in [4.78, 5) is 0. The van der Waals surface area contributed by atoms with E-state index in [4.69, 9.17) is 6.58 Å². The average molecular weight is 133 g/mol. The van der Waals surface area contributed by atoms with Crippen molar-refractivity contribution in [1.82, 2.24) is 0 Å². The molecule has 0 aromatic rings. The van der Waals surface area contributed by atoms with Crippen LogP contribution in [0, 0.1) is 11.9 Å². The molecule has 0 N–H and O–H groups in total. The van der Waals surface area contributed by atoms with E-state index in [1.165, 1.54) is 0 Å². The molecule has 0 spiro atoms. The van der Waals surface area contributed by atoms with E-state index in [0.29, 0.717) is 0 Å². The van der Waals surface area contributed by atoms with Crippen molar-refractivity contribution in [3.63, 3.8) is 0 Å². The van der Waals surface area contributed by atoms with Crippen LogP contribution in [0.5, 0.6) is 0 Å². The van der Waals surface area contributed by atoms with Crippen LogP contribution in [-0.2, 0) is 0 Å². The van der Waals surface area contributed by atoms with Crippen LogP contribution in [-0.4, -0.2) is 0 Å². The Morgan fingerprint density at radius 2 is 2.40 bits per heavy atom. The van der Waals surface area contributed by atoms with Gasteiger partial charge in [0, 0.05) is 5.33 Å². The van der Waals surface area contributed by atoms with Gasteiger partial charge in [0.05, 0.1) is 0 Å². The van der Waals surface area contributed by atoms with Crippen LogP contribution in [0.15, 0.2) is 6.08 Å². The van der Waals surface area contributed by atoms with Gasteiger partial charge in [-0.3, -0.25) is 0 Å². The van der Waals surface area contributed by atoms with Crippen LogP contribution in [0.4, 0.5) is 0 Å². The molecule has 5 heavy (non-hydrogen) atoms. The van der Waals surface area contributed by atoms with E-state index in [-0.39, 0.29) is 0 Å². The van der Waals surface area contributed by atoms with Crippen LogP contribution in [0.1, 0.15) is 6.42 Å². The lowest BCUT2D eigenvalue weighted by molar-refractivity contribution is 1.39. The first-order chi connectivity index (χ1) is 2.41. The lowest BCUT2D eigenvalue weighted by atomic mass is 10.5. The zero-order valence-electron chi connectivity index (χ0n) is 2.82. The molecule has 1 heteroatoms.